The van der Waals surface area contributed by atoms with Crippen LogP contribution in [0.2, 0.25) is 0 Å². The molecule has 5 heteroatoms. The first-order chi connectivity index (χ1) is 8.79. The van der Waals surface area contributed by atoms with Crippen molar-refractivity contribution in [2.45, 2.75) is 31.8 Å². The number of hydrogen-bond donors (Lipinski definition) is 1. The second-order valence-electron chi connectivity index (χ2n) is 4.55. The Kier molecular flexibility index (Phi) is 3.72. The Bertz CT molecular complexity index is 519. The average molecular weight is 324 g/mol. The monoisotopic (exact) mass is 323 g/mol. The molecule has 1 fully saturated rings. The molecule has 1 aliphatic rings. The normalized spacial score (nSPS) is 14.9. The number of halogens is 1. The summed E-state index contributed by atoms with van der Waals surface area (Å²) in [5.74, 6) is 0. The van der Waals surface area contributed by atoms with Gasteiger partial charge < -0.3 is 5.32 Å². The lowest BCUT2D eigenvalue weighted by Gasteiger charge is -1.97. The van der Waals surface area contributed by atoms with E-state index < -0.39 is 0 Å². The number of hydrogen-bond acceptors (Lipinski definition) is 4. The van der Waals surface area contributed by atoms with E-state index in [0.29, 0.717) is 0 Å². The van der Waals surface area contributed by atoms with Gasteiger partial charge in [0.05, 0.1) is 0 Å². The van der Waals surface area contributed by atoms with Gasteiger partial charge in [0.25, 0.3) is 0 Å². The number of rotatable bonds is 5. The molecule has 0 saturated heterocycles. The predicted octanol–water partition coefficient (Wildman–Crippen LogP) is 3.14. The van der Waals surface area contributed by atoms with E-state index >= 15 is 0 Å². The zero-order valence-corrected chi connectivity index (χ0v) is 12.3. The molecular weight excluding hydrogens is 310 g/mol. The predicted molar refractivity (Wildman–Crippen MR) is 76.7 cm³/mol. The molecule has 94 valence electrons. The van der Waals surface area contributed by atoms with Crippen LogP contribution in [0.15, 0.2) is 28.7 Å². The summed E-state index contributed by atoms with van der Waals surface area (Å²) in [5.41, 5.74) is 1.27. The van der Waals surface area contributed by atoms with Gasteiger partial charge in [0.15, 0.2) is 0 Å². The van der Waals surface area contributed by atoms with E-state index in [4.69, 9.17) is 0 Å². The van der Waals surface area contributed by atoms with Crippen molar-refractivity contribution in [1.82, 2.24) is 15.5 Å². The number of aromatic nitrogens is 2. The van der Waals surface area contributed by atoms with Crippen LogP contribution in [0.25, 0.3) is 0 Å². The molecular formula is C13H14BrN3S. The summed E-state index contributed by atoms with van der Waals surface area (Å²) in [6.07, 6.45) is 3.49. The van der Waals surface area contributed by atoms with Gasteiger partial charge in [-0.15, -0.1) is 10.2 Å². The zero-order valence-electron chi connectivity index (χ0n) is 9.90. The van der Waals surface area contributed by atoms with Crippen LogP contribution >= 0.6 is 27.3 Å². The van der Waals surface area contributed by atoms with Gasteiger partial charge in [-0.25, -0.2) is 0 Å². The summed E-state index contributed by atoms with van der Waals surface area (Å²) in [4.78, 5) is 0. The molecule has 0 atom stereocenters. The molecule has 0 amide bonds. The quantitative estimate of drug-likeness (QED) is 0.918. The van der Waals surface area contributed by atoms with Gasteiger partial charge in [0.2, 0.25) is 0 Å². The van der Waals surface area contributed by atoms with Gasteiger partial charge >= 0.3 is 0 Å². The number of nitrogens with one attached hydrogen (secondary N) is 1. The fourth-order valence-corrected chi connectivity index (χ4v) is 2.82. The van der Waals surface area contributed by atoms with Gasteiger partial charge in [-0.1, -0.05) is 39.4 Å². The van der Waals surface area contributed by atoms with E-state index in [1.807, 2.05) is 0 Å². The molecule has 2 aromatic rings. The van der Waals surface area contributed by atoms with Crippen LogP contribution in [0.4, 0.5) is 0 Å². The van der Waals surface area contributed by atoms with Crippen molar-refractivity contribution < 1.29 is 0 Å². The highest BCUT2D eigenvalue weighted by molar-refractivity contribution is 9.10. The Morgan fingerprint density at radius 2 is 1.89 bits per heavy atom. The minimum absolute atomic E-state index is 0.726. The molecule has 0 radical (unpaired) electrons. The van der Waals surface area contributed by atoms with Gasteiger partial charge in [-0.2, -0.15) is 0 Å². The molecule has 0 spiro atoms. The van der Waals surface area contributed by atoms with Crippen molar-refractivity contribution in [3.05, 3.63) is 44.3 Å². The molecule has 1 heterocycles. The Labute approximate surface area is 119 Å². The third-order valence-corrected chi connectivity index (χ3v) is 4.35. The maximum Gasteiger partial charge on any atom is 0.131 e. The van der Waals surface area contributed by atoms with Gasteiger partial charge in [0, 0.05) is 23.5 Å². The number of nitrogens with zero attached hydrogens (tertiary/aromatic N) is 2. The van der Waals surface area contributed by atoms with Crippen molar-refractivity contribution in [3.8, 4) is 0 Å². The fourth-order valence-electron chi connectivity index (χ4n) is 1.73. The van der Waals surface area contributed by atoms with Gasteiger partial charge in [-0.05, 0) is 30.5 Å². The van der Waals surface area contributed by atoms with Crippen molar-refractivity contribution in [3.63, 3.8) is 0 Å². The van der Waals surface area contributed by atoms with E-state index in [1.54, 1.807) is 11.3 Å². The van der Waals surface area contributed by atoms with Crippen LogP contribution in [0, 0.1) is 0 Å². The molecule has 0 unspecified atom stereocenters. The Balaban J connectivity index is 1.60. The summed E-state index contributed by atoms with van der Waals surface area (Å²) in [7, 11) is 0. The lowest BCUT2D eigenvalue weighted by atomic mass is 10.2. The molecule has 1 saturated carbocycles. The first-order valence-electron chi connectivity index (χ1n) is 6.09. The Hall–Kier alpha value is -0.780. The average Bonchev–Trinajstić information content (AvgIpc) is 3.10. The molecule has 18 heavy (non-hydrogen) atoms. The van der Waals surface area contributed by atoms with E-state index in [1.165, 1.54) is 18.4 Å². The molecule has 1 aliphatic carbocycles. The minimum Gasteiger partial charge on any atom is -0.308 e. The molecule has 3 rings (SSSR count). The molecule has 0 bridgehead atoms. The Morgan fingerprint density at radius 3 is 2.61 bits per heavy atom. The number of benzene rings is 1. The fraction of sp³-hybridized carbons (Fsp3) is 0.385. The first-order valence-corrected chi connectivity index (χ1v) is 7.69. The van der Waals surface area contributed by atoms with E-state index in [9.17, 15) is 0 Å². The summed E-state index contributed by atoms with van der Waals surface area (Å²) in [6.45, 7) is 0.864. The maximum atomic E-state index is 4.25. The summed E-state index contributed by atoms with van der Waals surface area (Å²) < 4.78 is 1.11. The van der Waals surface area contributed by atoms with E-state index in [0.717, 1.165) is 33.5 Å². The highest BCUT2D eigenvalue weighted by atomic mass is 79.9. The zero-order chi connectivity index (χ0) is 12.4. The lowest BCUT2D eigenvalue weighted by molar-refractivity contribution is 0.678. The minimum atomic E-state index is 0.726. The van der Waals surface area contributed by atoms with Crippen LogP contribution in [-0.4, -0.2) is 16.2 Å². The lowest BCUT2D eigenvalue weighted by Crippen LogP contribution is -2.14. The maximum absolute atomic E-state index is 4.25. The summed E-state index contributed by atoms with van der Waals surface area (Å²) in [5, 5.41) is 14.1. The SMILES string of the molecule is Brc1ccc(Cc2nnc(CNC3CC3)s2)cc1. The van der Waals surface area contributed by atoms with Crippen molar-refractivity contribution >= 4 is 27.3 Å². The molecule has 1 N–H and O–H groups in total. The summed E-state index contributed by atoms with van der Waals surface area (Å²) in [6, 6.07) is 9.09. The molecule has 1 aromatic heterocycles. The van der Waals surface area contributed by atoms with Gasteiger partial charge in [-0.3, -0.25) is 0 Å². The van der Waals surface area contributed by atoms with Crippen LogP contribution in [0.5, 0.6) is 0 Å². The van der Waals surface area contributed by atoms with E-state index in [-0.39, 0.29) is 0 Å². The second-order valence-corrected chi connectivity index (χ2v) is 6.61. The largest absolute Gasteiger partial charge is 0.308 e. The smallest absolute Gasteiger partial charge is 0.131 e. The standard InChI is InChI=1S/C13H14BrN3S/c14-10-3-1-9(2-4-10)7-12-16-17-13(18-12)8-15-11-5-6-11/h1-4,11,15H,5-8H2. The van der Waals surface area contributed by atoms with Crippen LogP contribution in [0.3, 0.4) is 0 Å². The van der Waals surface area contributed by atoms with Gasteiger partial charge in [0.1, 0.15) is 10.0 Å². The second kappa shape index (κ2) is 5.47. The molecule has 3 nitrogen and oxygen atoms in total. The Morgan fingerprint density at radius 1 is 1.17 bits per heavy atom. The highest BCUT2D eigenvalue weighted by Gasteiger charge is 2.20. The highest BCUT2D eigenvalue weighted by Crippen LogP contribution is 2.21. The topological polar surface area (TPSA) is 37.8 Å². The van der Waals surface area contributed by atoms with Crippen molar-refractivity contribution in [2.75, 3.05) is 0 Å². The summed E-state index contributed by atoms with van der Waals surface area (Å²) >= 11 is 5.15. The van der Waals surface area contributed by atoms with Crippen LogP contribution in [0.1, 0.15) is 28.4 Å². The van der Waals surface area contributed by atoms with Crippen LogP contribution < -0.4 is 5.32 Å². The van der Waals surface area contributed by atoms with Crippen molar-refractivity contribution in [1.29, 1.82) is 0 Å². The molecule has 1 aromatic carbocycles. The third kappa shape index (κ3) is 3.37. The molecule has 0 aliphatic heterocycles. The van der Waals surface area contributed by atoms with Crippen LogP contribution in [-0.2, 0) is 13.0 Å². The van der Waals surface area contributed by atoms with Crippen molar-refractivity contribution in [2.24, 2.45) is 0 Å². The third-order valence-electron chi connectivity index (χ3n) is 2.90. The first kappa shape index (κ1) is 12.3. The van der Waals surface area contributed by atoms with E-state index in [2.05, 4.69) is 55.7 Å².